The molecule has 0 aliphatic carbocycles. The molecule has 0 atom stereocenters. The largest absolute Gasteiger partial charge is 0.295 e. The molecule has 6 aromatic carbocycles. The lowest BCUT2D eigenvalue weighted by molar-refractivity contribution is 0.539. The van der Waals surface area contributed by atoms with E-state index in [1.165, 1.54) is 44.5 Å². The number of nitrogens with zero attached hydrogens (tertiary/aromatic N) is 2. The van der Waals surface area contributed by atoms with Gasteiger partial charge in [-0.2, -0.15) is 0 Å². The van der Waals surface area contributed by atoms with Crippen molar-refractivity contribution in [2.24, 2.45) is 0 Å². The molecule has 0 saturated heterocycles. The molecule has 0 bridgehead atoms. The Bertz CT molecular complexity index is 2060. The van der Waals surface area contributed by atoms with Gasteiger partial charge in [0.05, 0.1) is 16.7 Å². The lowest BCUT2D eigenvalue weighted by Gasteiger charge is -2.23. The molecule has 7 rings (SSSR count). The maximum atomic E-state index is 5.13. The Kier molecular flexibility index (Phi) is 6.75. The van der Waals surface area contributed by atoms with Crippen LogP contribution in [0.2, 0.25) is 0 Å². The fourth-order valence-electron chi connectivity index (χ4n) is 6.16. The van der Waals surface area contributed by atoms with Gasteiger partial charge in [0, 0.05) is 11.0 Å². The minimum absolute atomic E-state index is 0.139. The maximum Gasteiger partial charge on any atom is 0.119 e. The van der Waals surface area contributed by atoms with Gasteiger partial charge in [-0.3, -0.25) is 4.57 Å². The van der Waals surface area contributed by atoms with E-state index in [2.05, 4.69) is 177 Å². The van der Waals surface area contributed by atoms with Crippen molar-refractivity contribution in [3.05, 3.63) is 157 Å². The van der Waals surface area contributed by atoms with Gasteiger partial charge in [0.15, 0.2) is 0 Å². The minimum atomic E-state index is -0.139. The number of hydrogen-bond donors (Lipinski definition) is 0. The van der Waals surface area contributed by atoms with Gasteiger partial charge < -0.3 is 0 Å². The van der Waals surface area contributed by atoms with E-state index in [0.29, 0.717) is 0 Å². The summed E-state index contributed by atoms with van der Waals surface area (Å²) in [7, 11) is 0. The van der Waals surface area contributed by atoms with E-state index in [1.807, 2.05) is 0 Å². The van der Waals surface area contributed by atoms with Crippen molar-refractivity contribution in [1.82, 2.24) is 9.55 Å². The van der Waals surface area contributed by atoms with Crippen molar-refractivity contribution in [1.29, 1.82) is 0 Å². The summed E-state index contributed by atoms with van der Waals surface area (Å²) < 4.78 is 2.36. The number of aromatic nitrogens is 2. The van der Waals surface area contributed by atoms with Crippen molar-refractivity contribution in [3.8, 4) is 50.2 Å². The molecule has 2 nitrogen and oxygen atoms in total. The molecule has 0 N–H and O–H groups in total. The fourth-order valence-corrected chi connectivity index (χ4v) is 6.16. The normalized spacial score (nSPS) is 11.6. The number of imidazole rings is 1. The van der Waals surface area contributed by atoms with E-state index in [0.717, 1.165) is 22.5 Å². The van der Waals surface area contributed by atoms with E-state index in [1.54, 1.807) is 0 Å². The van der Waals surface area contributed by atoms with E-state index in [9.17, 15) is 0 Å². The first kappa shape index (κ1) is 26.7. The predicted octanol–water partition coefficient (Wildman–Crippen LogP) is 11.0. The Hall–Kier alpha value is -5.21. The summed E-state index contributed by atoms with van der Waals surface area (Å²) in [6.07, 6.45) is 0. The molecule has 7 aromatic rings. The third-order valence-corrected chi connectivity index (χ3v) is 8.11. The fraction of sp³-hybridized carbons (Fsp3) is 0.0976. The Morgan fingerprint density at radius 3 is 1.42 bits per heavy atom. The van der Waals surface area contributed by atoms with Gasteiger partial charge in [0.2, 0.25) is 0 Å². The molecule has 0 amide bonds. The Morgan fingerprint density at radius 2 is 0.837 bits per heavy atom. The molecular formula is C41H34N2. The molecule has 1 heterocycles. The molecule has 208 valence electrons. The summed E-state index contributed by atoms with van der Waals surface area (Å²) in [6, 6.07) is 54.2. The van der Waals surface area contributed by atoms with Gasteiger partial charge in [-0.15, -0.1) is 0 Å². The van der Waals surface area contributed by atoms with Crippen molar-refractivity contribution in [3.63, 3.8) is 0 Å². The summed E-state index contributed by atoms with van der Waals surface area (Å²) in [5.74, 6) is 1.05. The molecule has 0 aliphatic rings. The Balaban J connectivity index is 1.46. The summed E-state index contributed by atoms with van der Waals surface area (Å²) in [6.45, 7) is 6.71. The van der Waals surface area contributed by atoms with Crippen LogP contribution >= 0.6 is 0 Å². The van der Waals surface area contributed by atoms with E-state index < -0.39 is 0 Å². The summed E-state index contributed by atoms with van der Waals surface area (Å²) in [5, 5.41) is 0. The molecule has 0 unspecified atom stereocenters. The average Bonchev–Trinajstić information content (AvgIpc) is 3.46. The van der Waals surface area contributed by atoms with E-state index in [-0.39, 0.29) is 5.41 Å². The van der Waals surface area contributed by atoms with Crippen LogP contribution in [0.1, 0.15) is 26.6 Å². The lowest BCUT2D eigenvalue weighted by atomic mass is 9.86. The standard InChI is InChI=1S/C41H34N2/c1-41(2,3)40-42-37-26-14-16-28-39(37)43(40)38-27-15-13-25-36(38)35-24-12-11-23-34(35)33-22-10-9-21-32(33)31-20-8-7-19-30(31)29-17-5-4-6-18-29/h4-28H,1-3H3. The quantitative estimate of drug-likeness (QED) is 0.207. The number of para-hydroxylation sites is 3. The molecule has 0 spiro atoms. The monoisotopic (exact) mass is 554 g/mol. The highest BCUT2D eigenvalue weighted by Crippen LogP contribution is 2.43. The number of rotatable bonds is 5. The lowest BCUT2D eigenvalue weighted by Crippen LogP contribution is -2.18. The molecule has 0 radical (unpaired) electrons. The predicted molar refractivity (Wildman–Crippen MR) is 182 cm³/mol. The van der Waals surface area contributed by atoms with Crippen LogP contribution in [0.25, 0.3) is 61.2 Å². The van der Waals surface area contributed by atoms with Gasteiger partial charge in [-0.1, -0.05) is 154 Å². The van der Waals surface area contributed by atoms with Gasteiger partial charge >= 0.3 is 0 Å². The molecule has 0 fully saturated rings. The summed E-state index contributed by atoms with van der Waals surface area (Å²) in [5.41, 5.74) is 12.8. The molecule has 0 saturated carbocycles. The van der Waals surface area contributed by atoms with Crippen LogP contribution in [0.3, 0.4) is 0 Å². The first-order chi connectivity index (χ1) is 21.0. The van der Waals surface area contributed by atoms with Gasteiger partial charge in [-0.05, 0) is 57.1 Å². The van der Waals surface area contributed by atoms with E-state index >= 15 is 0 Å². The van der Waals surface area contributed by atoms with Crippen LogP contribution in [0, 0.1) is 0 Å². The maximum absolute atomic E-state index is 5.13. The van der Waals surface area contributed by atoms with Crippen molar-refractivity contribution >= 4 is 11.0 Å². The van der Waals surface area contributed by atoms with Crippen molar-refractivity contribution in [2.75, 3.05) is 0 Å². The van der Waals surface area contributed by atoms with Gasteiger partial charge in [0.25, 0.3) is 0 Å². The summed E-state index contributed by atoms with van der Waals surface area (Å²) in [4.78, 5) is 5.13. The second-order valence-electron chi connectivity index (χ2n) is 12.0. The molecular weight excluding hydrogens is 520 g/mol. The highest BCUT2D eigenvalue weighted by atomic mass is 15.1. The molecule has 43 heavy (non-hydrogen) atoms. The number of benzene rings is 6. The minimum Gasteiger partial charge on any atom is -0.295 e. The Morgan fingerprint density at radius 1 is 0.419 bits per heavy atom. The second kappa shape index (κ2) is 10.9. The third kappa shape index (κ3) is 4.85. The van der Waals surface area contributed by atoms with Crippen molar-refractivity contribution < 1.29 is 0 Å². The molecule has 0 aliphatic heterocycles. The third-order valence-electron chi connectivity index (χ3n) is 8.11. The van der Waals surface area contributed by atoms with Crippen molar-refractivity contribution in [2.45, 2.75) is 26.2 Å². The Labute approximate surface area is 253 Å². The zero-order valence-corrected chi connectivity index (χ0v) is 24.8. The highest BCUT2D eigenvalue weighted by Gasteiger charge is 2.25. The number of hydrogen-bond acceptors (Lipinski definition) is 1. The van der Waals surface area contributed by atoms with Crippen LogP contribution in [0.15, 0.2) is 152 Å². The second-order valence-corrected chi connectivity index (χ2v) is 12.0. The smallest absolute Gasteiger partial charge is 0.119 e. The topological polar surface area (TPSA) is 17.8 Å². The van der Waals surface area contributed by atoms with Gasteiger partial charge in [-0.25, -0.2) is 4.98 Å². The first-order valence-electron chi connectivity index (χ1n) is 14.9. The van der Waals surface area contributed by atoms with Crippen LogP contribution in [-0.4, -0.2) is 9.55 Å². The van der Waals surface area contributed by atoms with E-state index in [4.69, 9.17) is 4.98 Å². The zero-order chi connectivity index (χ0) is 29.4. The van der Waals surface area contributed by atoms with Crippen LogP contribution in [0.5, 0.6) is 0 Å². The van der Waals surface area contributed by atoms with Crippen LogP contribution < -0.4 is 0 Å². The average molecular weight is 555 g/mol. The first-order valence-corrected chi connectivity index (χ1v) is 14.9. The SMILES string of the molecule is CC(C)(C)c1nc2ccccc2n1-c1ccccc1-c1ccccc1-c1ccccc1-c1ccccc1-c1ccccc1. The van der Waals surface area contributed by atoms with Gasteiger partial charge in [0.1, 0.15) is 5.82 Å². The molecule has 1 aromatic heterocycles. The molecule has 2 heteroatoms. The van der Waals surface area contributed by atoms with Crippen LogP contribution in [-0.2, 0) is 5.41 Å². The zero-order valence-electron chi connectivity index (χ0n) is 24.8. The number of fused-ring (bicyclic) bond motifs is 1. The highest BCUT2D eigenvalue weighted by molar-refractivity contribution is 5.97. The summed E-state index contributed by atoms with van der Waals surface area (Å²) >= 11 is 0. The van der Waals surface area contributed by atoms with Crippen LogP contribution in [0.4, 0.5) is 0 Å².